The molecule has 0 N–H and O–H groups in total. The standard InChI is InChI=1S/C50H33NO/c1-3-15-41-34(11-1)13-9-19-43(41)36-23-28-39(29-24-36)51(40-30-25-37(26-31-40)44-20-10-14-35-12-2-4-16-42(35)44)48-21-7-5-17-45(48)38-27-32-47-46-18-6-8-22-49(46)52-50(47)33-38/h1-33H. The number of anilines is 3. The van der Waals surface area contributed by atoms with Crippen LogP contribution in [0, 0.1) is 0 Å². The van der Waals surface area contributed by atoms with Crippen LogP contribution in [-0.4, -0.2) is 0 Å². The third-order valence-electron chi connectivity index (χ3n) is 10.3. The van der Waals surface area contributed by atoms with Gasteiger partial charge in [-0.1, -0.05) is 152 Å². The highest BCUT2D eigenvalue weighted by atomic mass is 16.3. The Labute approximate surface area is 302 Å². The monoisotopic (exact) mass is 663 g/mol. The molecule has 0 amide bonds. The van der Waals surface area contributed by atoms with E-state index in [0.717, 1.165) is 50.1 Å². The lowest BCUT2D eigenvalue weighted by molar-refractivity contribution is 0.669. The maximum atomic E-state index is 6.34. The zero-order chi connectivity index (χ0) is 34.4. The summed E-state index contributed by atoms with van der Waals surface area (Å²) >= 11 is 0. The lowest BCUT2D eigenvalue weighted by Crippen LogP contribution is -2.11. The van der Waals surface area contributed by atoms with Crippen LogP contribution >= 0.6 is 0 Å². The number of fused-ring (bicyclic) bond motifs is 5. The number of rotatable bonds is 6. The van der Waals surface area contributed by atoms with Crippen molar-refractivity contribution in [2.75, 3.05) is 4.90 Å². The molecule has 10 rings (SSSR count). The van der Waals surface area contributed by atoms with Crippen LogP contribution in [0.4, 0.5) is 17.1 Å². The molecule has 10 aromatic rings. The Morgan fingerprint density at radius 2 is 0.769 bits per heavy atom. The van der Waals surface area contributed by atoms with Crippen molar-refractivity contribution in [3.63, 3.8) is 0 Å². The predicted octanol–water partition coefficient (Wildman–Crippen LogP) is 14.4. The van der Waals surface area contributed by atoms with Crippen molar-refractivity contribution >= 4 is 60.5 Å². The highest BCUT2D eigenvalue weighted by Crippen LogP contribution is 2.43. The van der Waals surface area contributed by atoms with Gasteiger partial charge in [-0.15, -0.1) is 0 Å². The second kappa shape index (κ2) is 12.5. The van der Waals surface area contributed by atoms with Crippen molar-refractivity contribution in [1.82, 2.24) is 0 Å². The summed E-state index contributed by atoms with van der Waals surface area (Å²) < 4.78 is 6.34. The first-order valence-electron chi connectivity index (χ1n) is 17.8. The summed E-state index contributed by atoms with van der Waals surface area (Å²) in [6, 6.07) is 71.7. The third kappa shape index (κ3) is 5.12. The number of benzene rings is 9. The summed E-state index contributed by atoms with van der Waals surface area (Å²) in [5.74, 6) is 0. The van der Waals surface area contributed by atoms with Gasteiger partial charge in [0.25, 0.3) is 0 Å². The molecule has 0 aliphatic rings. The zero-order valence-electron chi connectivity index (χ0n) is 28.4. The Balaban J connectivity index is 1.12. The van der Waals surface area contributed by atoms with Gasteiger partial charge in [-0.2, -0.15) is 0 Å². The molecule has 0 saturated carbocycles. The molecule has 0 saturated heterocycles. The minimum absolute atomic E-state index is 0.888. The largest absolute Gasteiger partial charge is 0.456 e. The Morgan fingerprint density at radius 3 is 1.40 bits per heavy atom. The van der Waals surface area contributed by atoms with Crippen LogP contribution in [0.25, 0.3) is 76.9 Å². The second-order valence-electron chi connectivity index (χ2n) is 13.3. The van der Waals surface area contributed by atoms with E-state index in [1.165, 1.54) is 43.8 Å². The summed E-state index contributed by atoms with van der Waals surface area (Å²) in [6.07, 6.45) is 0. The molecule has 0 aliphatic carbocycles. The summed E-state index contributed by atoms with van der Waals surface area (Å²) in [5, 5.41) is 7.26. The topological polar surface area (TPSA) is 16.4 Å². The molecule has 0 fully saturated rings. The van der Waals surface area contributed by atoms with Crippen molar-refractivity contribution in [2.45, 2.75) is 0 Å². The van der Waals surface area contributed by atoms with E-state index in [1.54, 1.807) is 0 Å². The molecule has 1 heterocycles. The first kappa shape index (κ1) is 30.0. The van der Waals surface area contributed by atoms with Crippen molar-refractivity contribution in [3.05, 3.63) is 200 Å². The molecule has 0 spiro atoms. The van der Waals surface area contributed by atoms with Gasteiger partial charge in [0.15, 0.2) is 0 Å². The Kier molecular flexibility index (Phi) is 7.18. The first-order chi connectivity index (χ1) is 25.8. The van der Waals surface area contributed by atoms with Gasteiger partial charge >= 0.3 is 0 Å². The van der Waals surface area contributed by atoms with Gasteiger partial charge in [0.1, 0.15) is 11.2 Å². The van der Waals surface area contributed by atoms with Gasteiger partial charge in [-0.05, 0) is 97.9 Å². The van der Waals surface area contributed by atoms with Crippen LogP contribution in [0.2, 0.25) is 0 Å². The number of para-hydroxylation sites is 2. The molecule has 0 bridgehead atoms. The van der Waals surface area contributed by atoms with Crippen LogP contribution in [0.1, 0.15) is 0 Å². The van der Waals surface area contributed by atoms with Crippen LogP contribution < -0.4 is 4.90 Å². The predicted molar refractivity (Wildman–Crippen MR) is 220 cm³/mol. The number of hydrogen-bond acceptors (Lipinski definition) is 2. The fourth-order valence-electron chi connectivity index (χ4n) is 7.77. The van der Waals surface area contributed by atoms with Crippen LogP contribution in [0.5, 0.6) is 0 Å². The molecular weight excluding hydrogens is 631 g/mol. The lowest BCUT2D eigenvalue weighted by Gasteiger charge is -2.28. The van der Waals surface area contributed by atoms with Crippen molar-refractivity contribution in [2.24, 2.45) is 0 Å². The first-order valence-corrected chi connectivity index (χ1v) is 17.8. The SMILES string of the molecule is c1ccc(N(c2ccc(-c3cccc4ccccc34)cc2)c2ccc(-c3cccc4ccccc34)cc2)c(-c2ccc3c(c2)oc2ccccc23)c1. The highest BCUT2D eigenvalue weighted by molar-refractivity contribution is 6.06. The normalized spacial score (nSPS) is 11.5. The molecule has 0 aliphatic heterocycles. The molecule has 9 aromatic carbocycles. The summed E-state index contributed by atoms with van der Waals surface area (Å²) in [5.41, 5.74) is 12.1. The molecule has 52 heavy (non-hydrogen) atoms. The van der Waals surface area contributed by atoms with E-state index in [2.05, 4.69) is 193 Å². The quantitative estimate of drug-likeness (QED) is 0.176. The van der Waals surface area contributed by atoms with Gasteiger partial charge in [0.05, 0.1) is 5.69 Å². The minimum atomic E-state index is 0.888. The number of hydrogen-bond donors (Lipinski definition) is 0. The highest BCUT2D eigenvalue weighted by Gasteiger charge is 2.19. The van der Waals surface area contributed by atoms with Gasteiger partial charge in [0, 0.05) is 27.7 Å². The number of nitrogens with zero attached hydrogens (tertiary/aromatic N) is 1. The molecular formula is C50H33NO. The van der Waals surface area contributed by atoms with E-state index in [-0.39, 0.29) is 0 Å². The lowest BCUT2D eigenvalue weighted by atomic mass is 9.97. The summed E-state index contributed by atoms with van der Waals surface area (Å²) in [4.78, 5) is 2.37. The average molecular weight is 664 g/mol. The fraction of sp³-hybridized carbons (Fsp3) is 0. The van der Waals surface area contributed by atoms with Gasteiger partial charge < -0.3 is 9.32 Å². The van der Waals surface area contributed by atoms with E-state index in [4.69, 9.17) is 4.42 Å². The summed E-state index contributed by atoms with van der Waals surface area (Å²) in [6.45, 7) is 0. The van der Waals surface area contributed by atoms with E-state index >= 15 is 0 Å². The van der Waals surface area contributed by atoms with Gasteiger partial charge in [0.2, 0.25) is 0 Å². The average Bonchev–Trinajstić information content (AvgIpc) is 3.59. The smallest absolute Gasteiger partial charge is 0.136 e. The third-order valence-corrected chi connectivity index (χ3v) is 10.3. The van der Waals surface area contributed by atoms with E-state index < -0.39 is 0 Å². The molecule has 2 nitrogen and oxygen atoms in total. The van der Waals surface area contributed by atoms with Crippen LogP contribution in [0.15, 0.2) is 205 Å². The Morgan fingerprint density at radius 1 is 0.308 bits per heavy atom. The zero-order valence-corrected chi connectivity index (χ0v) is 28.4. The molecule has 0 unspecified atom stereocenters. The fourth-order valence-corrected chi connectivity index (χ4v) is 7.77. The molecule has 1 aromatic heterocycles. The van der Waals surface area contributed by atoms with E-state index in [9.17, 15) is 0 Å². The number of furan rings is 1. The van der Waals surface area contributed by atoms with Crippen molar-refractivity contribution in [1.29, 1.82) is 0 Å². The maximum Gasteiger partial charge on any atom is 0.136 e. The van der Waals surface area contributed by atoms with Crippen LogP contribution in [0.3, 0.4) is 0 Å². The van der Waals surface area contributed by atoms with E-state index in [1.807, 2.05) is 12.1 Å². The van der Waals surface area contributed by atoms with Crippen LogP contribution in [-0.2, 0) is 0 Å². The van der Waals surface area contributed by atoms with Crippen molar-refractivity contribution in [3.8, 4) is 33.4 Å². The molecule has 0 atom stereocenters. The van der Waals surface area contributed by atoms with Gasteiger partial charge in [-0.25, -0.2) is 0 Å². The Bertz CT molecular complexity index is 2770. The molecule has 244 valence electrons. The molecule has 2 heteroatoms. The summed E-state index contributed by atoms with van der Waals surface area (Å²) in [7, 11) is 0. The van der Waals surface area contributed by atoms with E-state index in [0.29, 0.717) is 0 Å². The Hall–Kier alpha value is -6.90. The second-order valence-corrected chi connectivity index (χ2v) is 13.3. The van der Waals surface area contributed by atoms with Crippen molar-refractivity contribution < 1.29 is 4.42 Å². The van der Waals surface area contributed by atoms with Gasteiger partial charge in [-0.3, -0.25) is 0 Å². The maximum absolute atomic E-state index is 6.34. The molecule has 0 radical (unpaired) electrons. The minimum Gasteiger partial charge on any atom is -0.456 e.